The Labute approximate surface area is 187 Å². The Morgan fingerprint density at radius 2 is 1.73 bits per heavy atom. The Hall–Kier alpha value is -2.50. The highest BCUT2D eigenvalue weighted by atomic mass is 35.5. The van der Waals surface area contributed by atoms with E-state index in [-0.39, 0.29) is 11.2 Å². The van der Waals surface area contributed by atoms with Crippen molar-refractivity contribution < 1.29 is 4.79 Å². The normalized spacial score (nSPS) is 12.3. The lowest BCUT2D eigenvalue weighted by molar-refractivity contribution is -0.120. The minimum atomic E-state index is -0.273. The topological polar surface area (TPSA) is 46.4 Å². The molecule has 6 heteroatoms. The lowest BCUT2D eigenvalue weighted by Crippen LogP contribution is -2.26. The lowest BCUT2D eigenvalue weighted by Gasteiger charge is -2.15. The number of hydrazone groups is 1. The first-order chi connectivity index (χ1) is 14.3. The summed E-state index contributed by atoms with van der Waals surface area (Å²) in [6.07, 6.45) is 1.71. The first-order valence-electron chi connectivity index (χ1n) is 9.78. The van der Waals surface area contributed by atoms with E-state index in [0.29, 0.717) is 5.02 Å². The maximum absolute atomic E-state index is 12.4. The van der Waals surface area contributed by atoms with Gasteiger partial charge in [-0.2, -0.15) is 5.10 Å². The Kier molecular flexibility index (Phi) is 7.06. The van der Waals surface area contributed by atoms with Crippen LogP contribution in [0.25, 0.3) is 5.69 Å². The number of hydrogen-bond acceptors (Lipinski definition) is 3. The molecular formula is C24H26ClN3OS. The monoisotopic (exact) mass is 439 g/mol. The molecule has 0 aliphatic carbocycles. The molecule has 0 fully saturated rings. The number of nitrogens with zero attached hydrogens (tertiary/aromatic N) is 2. The van der Waals surface area contributed by atoms with Crippen LogP contribution in [0.4, 0.5) is 0 Å². The molecule has 0 aliphatic heterocycles. The molecule has 0 radical (unpaired) electrons. The van der Waals surface area contributed by atoms with Crippen LogP contribution in [0.15, 0.2) is 58.5 Å². The number of amides is 1. The van der Waals surface area contributed by atoms with Crippen LogP contribution in [0.5, 0.6) is 0 Å². The van der Waals surface area contributed by atoms with Gasteiger partial charge in [-0.1, -0.05) is 29.8 Å². The zero-order valence-corrected chi connectivity index (χ0v) is 19.4. The van der Waals surface area contributed by atoms with Crippen molar-refractivity contribution in [1.82, 2.24) is 9.99 Å². The standard InChI is InChI=1S/C24H26ClN3OS/c1-15-7-6-8-16(2)23(15)28-17(3)13-20(18(28)4)14-26-27-24(29)19(5)30-22-11-9-21(25)10-12-22/h6-14,19H,1-5H3,(H,27,29)/b26-14-/t19-/m1/s1. The number of para-hydroxylation sites is 1. The fourth-order valence-electron chi connectivity index (χ4n) is 3.45. The molecular weight excluding hydrogens is 414 g/mol. The molecule has 0 saturated carbocycles. The van der Waals surface area contributed by atoms with Crippen LogP contribution in [-0.2, 0) is 4.79 Å². The Morgan fingerprint density at radius 3 is 2.37 bits per heavy atom. The quantitative estimate of drug-likeness (QED) is 0.291. The highest BCUT2D eigenvalue weighted by Crippen LogP contribution is 2.26. The molecule has 2 aromatic carbocycles. The highest BCUT2D eigenvalue weighted by Gasteiger charge is 2.15. The van der Waals surface area contributed by atoms with Gasteiger partial charge in [0.05, 0.1) is 17.2 Å². The maximum Gasteiger partial charge on any atom is 0.253 e. The predicted octanol–water partition coefficient (Wildman–Crippen LogP) is 6.00. The molecule has 1 aromatic heterocycles. The number of thioether (sulfide) groups is 1. The van der Waals surface area contributed by atoms with Crippen molar-refractivity contribution in [2.24, 2.45) is 5.10 Å². The number of carbonyl (C=O) groups excluding carboxylic acids is 1. The van der Waals surface area contributed by atoms with Crippen molar-refractivity contribution in [2.75, 3.05) is 0 Å². The molecule has 3 rings (SSSR count). The van der Waals surface area contributed by atoms with Gasteiger partial charge in [0, 0.05) is 26.9 Å². The van der Waals surface area contributed by atoms with Gasteiger partial charge in [-0.3, -0.25) is 4.79 Å². The minimum absolute atomic E-state index is 0.144. The summed E-state index contributed by atoms with van der Waals surface area (Å²) in [7, 11) is 0. The van der Waals surface area contributed by atoms with E-state index in [0.717, 1.165) is 21.8 Å². The van der Waals surface area contributed by atoms with Crippen LogP contribution in [0.1, 0.15) is 35.0 Å². The first-order valence-corrected chi connectivity index (χ1v) is 11.0. The molecule has 1 heterocycles. The van der Waals surface area contributed by atoms with Gasteiger partial charge in [0.1, 0.15) is 0 Å². The van der Waals surface area contributed by atoms with E-state index in [1.54, 1.807) is 6.21 Å². The van der Waals surface area contributed by atoms with E-state index in [1.807, 2.05) is 31.2 Å². The molecule has 156 valence electrons. The summed E-state index contributed by atoms with van der Waals surface area (Å²) in [5.74, 6) is -0.144. The van der Waals surface area contributed by atoms with Crippen LogP contribution < -0.4 is 5.43 Å². The molecule has 4 nitrogen and oxygen atoms in total. The summed E-state index contributed by atoms with van der Waals surface area (Å²) in [4.78, 5) is 13.4. The molecule has 0 spiro atoms. The molecule has 0 unspecified atom stereocenters. The van der Waals surface area contributed by atoms with E-state index in [4.69, 9.17) is 11.6 Å². The van der Waals surface area contributed by atoms with Gasteiger partial charge >= 0.3 is 0 Å². The second-order valence-electron chi connectivity index (χ2n) is 7.35. The van der Waals surface area contributed by atoms with Crippen LogP contribution in [0, 0.1) is 27.7 Å². The van der Waals surface area contributed by atoms with Gasteiger partial charge < -0.3 is 4.57 Å². The van der Waals surface area contributed by atoms with Crippen molar-refractivity contribution in [3.63, 3.8) is 0 Å². The third-order valence-electron chi connectivity index (χ3n) is 5.01. The van der Waals surface area contributed by atoms with Crippen molar-refractivity contribution in [2.45, 2.75) is 44.8 Å². The Balaban J connectivity index is 1.71. The molecule has 1 N–H and O–H groups in total. The van der Waals surface area contributed by atoms with Gasteiger partial charge in [0.2, 0.25) is 0 Å². The number of aryl methyl sites for hydroxylation is 3. The van der Waals surface area contributed by atoms with Gasteiger partial charge in [0.15, 0.2) is 0 Å². The van der Waals surface area contributed by atoms with Gasteiger partial charge in [-0.05, 0) is 76.1 Å². The van der Waals surface area contributed by atoms with E-state index in [9.17, 15) is 4.79 Å². The zero-order valence-electron chi connectivity index (χ0n) is 17.9. The minimum Gasteiger partial charge on any atom is -0.317 e. The second kappa shape index (κ2) is 9.54. The summed E-state index contributed by atoms with van der Waals surface area (Å²) in [6, 6.07) is 15.8. The Morgan fingerprint density at radius 1 is 1.10 bits per heavy atom. The molecule has 1 amide bonds. The second-order valence-corrected chi connectivity index (χ2v) is 9.20. The van der Waals surface area contributed by atoms with Crippen LogP contribution in [-0.4, -0.2) is 21.9 Å². The van der Waals surface area contributed by atoms with E-state index in [1.165, 1.54) is 28.6 Å². The molecule has 30 heavy (non-hydrogen) atoms. The van der Waals surface area contributed by atoms with Crippen LogP contribution >= 0.6 is 23.4 Å². The maximum atomic E-state index is 12.4. The van der Waals surface area contributed by atoms with Crippen molar-refractivity contribution >= 4 is 35.5 Å². The highest BCUT2D eigenvalue weighted by molar-refractivity contribution is 8.00. The van der Waals surface area contributed by atoms with Crippen LogP contribution in [0.3, 0.4) is 0 Å². The summed E-state index contributed by atoms with van der Waals surface area (Å²) >= 11 is 7.38. The predicted molar refractivity (Wildman–Crippen MR) is 127 cm³/mol. The summed E-state index contributed by atoms with van der Waals surface area (Å²) in [6.45, 7) is 10.3. The average molecular weight is 440 g/mol. The number of nitrogens with one attached hydrogen (secondary N) is 1. The molecule has 0 aliphatic rings. The largest absolute Gasteiger partial charge is 0.317 e. The number of rotatable bonds is 6. The number of aromatic nitrogens is 1. The third-order valence-corrected chi connectivity index (χ3v) is 6.37. The SMILES string of the molecule is Cc1cccc(C)c1-n1c(C)cc(/C=N\NC(=O)[C@@H](C)Sc2ccc(Cl)cc2)c1C. The average Bonchev–Trinajstić information content (AvgIpc) is 2.97. The van der Waals surface area contributed by atoms with E-state index < -0.39 is 0 Å². The van der Waals surface area contributed by atoms with E-state index in [2.05, 4.69) is 67.1 Å². The molecule has 1 atom stereocenters. The summed E-state index contributed by atoms with van der Waals surface area (Å²) in [5, 5.41) is 4.61. The number of benzene rings is 2. The summed E-state index contributed by atoms with van der Waals surface area (Å²) < 4.78 is 2.24. The number of hydrogen-bond donors (Lipinski definition) is 1. The zero-order chi connectivity index (χ0) is 21.8. The fourth-order valence-corrected chi connectivity index (χ4v) is 4.44. The molecule has 0 saturated heterocycles. The molecule has 0 bridgehead atoms. The van der Waals surface area contributed by atoms with Gasteiger partial charge in [-0.15, -0.1) is 11.8 Å². The first kappa shape index (κ1) is 22.2. The van der Waals surface area contributed by atoms with Crippen molar-refractivity contribution in [1.29, 1.82) is 0 Å². The van der Waals surface area contributed by atoms with Gasteiger partial charge in [-0.25, -0.2) is 5.43 Å². The smallest absolute Gasteiger partial charge is 0.253 e. The van der Waals surface area contributed by atoms with Crippen molar-refractivity contribution in [3.8, 4) is 5.69 Å². The molecule has 3 aromatic rings. The lowest BCUT2D eigenvalue weighted by atomic mass is 10.1. The number of carbonyl (C=O) groups is 1. The van der Waals surface area contributed by atoms with Gasteiger partial charge in [0.25, 0.3) is 5.91 Å². The van der Waals surface area contributed by atoms with E-state index >= 15 is 0 Å². The Bertz CT molecular complexity index is 1070. The number of halogens is 1. The summed E-state index contributed by atoms with van der Waals surface area (Å²) in [5.41, 5.74) is 9.50. The third kappa shape index (κ3) is 4.97. The fraction of sp³-hybridized carbons (Fsp3) is 0.250. The van der Waals surface area contributed by atoms with Crippen LogP contribution in [0.2, 0.25) is 5.02 Å². The van der Waals surface area contributed by atoms with Crippen molar-refractivity contribution in [3.05, 3.63) is 81.6 Å².